The van der Waals surface area contributed by atoms with Crippen LogP contribution in [0.4, 0.5) is 5.69 Å². The van der Waals surface area contributed by atoms with Gasteiger partial charge in [-0.25, -0.2) is 9.48 Å². The molecule has 152 valence electrons. The lowest BCUT2D eigenvalue weighted by atomic mass is 10.1. The number of fused-ring (bicyclic) bond motifs is 1. The molecule has 0 aliphatic carbocycles. The van der Waals surface area contributed by atoms with Gasteiger partial charge in [0.15, 0.2) is 5.65 Å². The van der Waals surface area contributed by atoms with Crippen molar-refractivity contribution in [3.63, 3.8) is 0 Å². The van der Waals surface area contributed by atoms with Crippen LogP contribution in [-0.2, 0) is 17.8 Å². The molecular formula is C24H24N4O2. The SMILES string of the molecule is Cc1ccc(CCCC(=O)Nc2cccc(Cn3nc4ccccn4c3=O)c2)cc1. The zero-order valence-electron chi connectivity index (χ0n) is 16.9. The van der Waals surface area contributed by atoms with E-state index in [1.807, 2.05) is 30.3 Å². The van der Waals surface area contributed by atoms with Crippen molar-refractivity contribution in [3.05, 3.63) is 100 Å². The van der Waals surface area contributed by atoms with Crippen molar-refractivity contribution in [2.45, 2.75) is 32.7 Å². The van der Waals surface area contributed by atoms with Gasteiger partial charge < -0.3 is 5.32 Å². The zero-order valence-corrected chi connectivity index (χ0v) is 16.9. The molecule has 2 heterocycles. The lowest BCUT2D eigenvalue weighted by Gasteiger charge is -2.08. The number of anilines is 1. The average Bonchev–Trinajstić information content (AvgIpc) is 3.05. The Morgan fingerprint density at radius 3 is 2.63 bits per heavy atom. The Kier molecular flexibility index (Phi) is 5.75. The van der Waals surface area contributed by atoms with E-state index in [0.29, 0.717) is 18.6 Å². The number of hydrogen-bond acceptors (Lipinski definition) is 3. The second-order valence-electron chi connectivity index (χ2n) is 7.46. The van der Waals surface area contributed by atoms with Crippen LogP contribution >= 0.6 is 0 Å². The minimum atomic E-state index is -0.184. The summed E-state index contributed by atoms with van der Waals surface area (Å²) < 4.78 is 2.94. The Morgan fingerprint density at radius 2 is 1.83 bits per heavy atom. The maximum atomic E-state index is 12.4. The standard InChI is InChI=1S/C24H24N4O2/c1-18-11-13-19(14-12-18)6-5-10-23(29)25-21-8-4-7-20(16-21)17-28-24(30)27-15-3-2-9-22(27)26-28/h2-4,7-9,11-16H,5-6,10,17H2,1H3,(H,25,29). The Balaban J connectivity index is 1.35. The zero-order chi connectivity index (χ0) is 20.9. The van der Waals surface area contributed by atoms with Gasteiger partial charge in [-0.3, -0.25) is 9.20 Å². The van der Waals surface area contributed by atoms with Crippen molar-refractivity contribution < 1.29 is 4.79 Å². The van der Waals surface area contributed by atoms with Crippen molar-refractivity contribution in [1.29, 1.82) is 0 Å². The molecule has 0 fully saturated rings. The fourth-order valence-electron chi connectivity index (χ4n) is 3.42. The van der Waals surface area contributed by atoms with Crippen molar-refractivity contribution in [2.75, 3.05) is 5.32 Å². The molecule has 0 unspecified atom stereocenters. The highest BCUT2D eigenvalue weighted by molar-refractivity contribution is 5.90. The van der Waals surface area contributed by atoms with Crippen LogP contribution in [0.1, 0.15) is 29.5 Å². The number of nitrogens with zero attached hydrogens (tertiary/aromatic N) is 3. The molecule has 0 aliphatic heterocycles. The van der Waals surface area contributed by atoms with Gasteiger partial charge in [0.2, 0.25) is 5.91 Å². The summed E-state index contributed by atoms with van der Waals surface area (Å²) in [5, 5.41) is 7.31. The number of aryl methyl sites for hydroxylation is 2. The number of aromatic nitrogens is 3. The Morgan fingerprint density at radius 1 is 1.00 bits per heavy atom. The number of nitrogens with one attached hydrogen (secondary N) is 1. The van der Waals surface area contributed by atoms with Gasteiger partial charge in [0.25, 0.3) is 0 Å². The van der Waals surface area contributed by atoms with Gasteiger partial charge in [0, 0.05) is 18.3 Å². The monoisotopic (exact) mass is 400 g/mol. The van der Waals surface area contributed by atoms with E-state index in [-0.39, 0.29) is 11.6 Å². The van der Waals surface area contributed by atoms with E-state index in [4.69, 9.17) is 0 Å². The number of hydrogen-bond donors (Lipinski definition) is 1. The maximum Gasteiger partial charge on any atom is 0.350 e. The molecule has 1 N–H and O–H groups in total. The fourth-order valence-corrected chi connectivity index (χ4v) is 3.42. The smallest absolute Gasteiger partial charge is 0.326 e. The third-order valence-corrected chi connectivity index (χ3v) is 5.02. The van der Waals surface area contributed by atoms with Gasteiger partial charge in [-0.2, -0.15) is 0 Å². The first-order valence-electron chi connectivity index (χ1n) is 10.1. The van der Waals surface area contributed by atoms with Crippen LogP contribution < -0.4 is 11.0 Å². The third kappa shape index (κ3) is 4.66. The van der Waals surface area contributed by atoms with Crippen molar-refractivity contribution in [3.8, 4) is 0 Å². The van der Waals surface area contributed by atoms with E-state index in [9.17, 15) is 9.59 Å². The molecule has 1 amide bonds. The van der Waals surface area contributed by atoms with Crippen LogP contribution in [0.15, 0.2) is 77.7 Å². The summed E-state index contributed by atoms with van der Waals surface area (Å²) >= 11 is 0. The number of carbonyl (C=O) groups excluding carboxylic acids is 1. The Labute approximate surface area is 174 Å². The second-order valence-corrected chi connectivity index (χ2v) is 7.46. The Hall–Kier alpha value is -3.67. The number of benzene rings is 2. The van der Waals surface area contributed by atoms with Crippen LogP contribution in [0.5, 0.6) is 0 Å². The summed E-state index contributed by atoms with van der Waals surface area (Å²) in [6.07, 6.45) is 3.84. The normalized spacial score (nSPS) is 11.0. The summed E-state index contributed by atoms with van der Waals surface area (Å²) in [5.74, 6) is -0.0100. The van der Waals surface area contributed by atoms with Crippen molar-refractivity contribution in [2.24, 2.45) is 0 Å². The molecule has 0 atom stereocenters. The fraction of sp³-hybridized carbons (Fsp3) is 0.208. The molecular weight excluding hydrogens is 376 g/mol. The first kappa shape index (κ1) is 19.6. The summed E-state index contributed by atoms with van der Waals surface area (Å²) in [7, 11) is 0. The Bertz CT molecular complexity index is 1220. The molecule has 0 bridgehead atoms. The molecule has 0 saturated carbocycles. The largest absolute Gasteiger partial charge is 0.350 e. The van der Waals surface area contributed by atoms with Gasteiger partial charge in [-0.05, 0) is 55.2 Å². The van der Waals surface area contributed by atoms with Crippen LogP contribution in [-0.4, -0.2) is 20.1 Å². The van der Waals surface area contributed by atoms with E-state index < -0.39 is 0 Å². The first-order valence-corrected chi connectivity index (χ1v) is 10.1. The van der Waals surface area contributed by atoms with Gasteiger partial charge in [0.1, 0.15) is 0 Å². The number of pyridine rings is 1. The predicted molar refractivity (Wildman–Crippen MR) is 118 cm³/mol. The quantitative estimate of drug-likeness (QED) is 0.513. The van der Waals surface area contributed by atoms with Crippen LogP contribution in [0.2, 0.25) is 0 Å². The highest BCUT2D eigenvalue weighted by atomic mass is 16.2. The topological polar surface area (TPSA) is 68.4 Å². The molecule has 2 aromatic heterocycles. The average molecular weight is 400 g/mol. The molecule has 4 rings (SSSR count). The second kappa shape index (κ2) is 8.78. The first-order chi connectivity index (χ1) is 14.6. The van der Waals surface area contributed by atoms with Crippen LogP contribution in [0.3, 0.4) is 0 Å². The summed E-state index contributed by atoms with van der Waals surface area (Å²) in [6.45, 7) is 2.41. The lowest BCUT2D eigenvalue weighted by molar-refractivity contribution is -0.116. The van der Waals surface area contributed by atoms with E-state index in [0.717, 1.165) is 24.1 Å². The van der Waals surface area contributed by atoms with E-state index in [1.54, 1.807) is 18.3 Å². The molecule has 0 radical (unpaired) electrons. The molecule has 6 nitrogen and oxygen atoms in total. The van der Waals surface area contributed by atoms with Crippen LogP contribution in [0, 0.1) is 6.92 Å². The minimum Gasteiger partial charge on any atom is -0.326 e. The third-order valence-electron chi connectivity index (χ3n) is 5.02. The van der Waals surface area contributed by atoms with Crippen LogP contribution in [0.25, 0.3) is 5.65 Å². The number of carbonyl (C=O) groups is 1. The van der Waals surface area contributed by atoms with E-state index in [2.05, 4.69) is 41.6 Å². The molecule has 2 aromatic carbocycles. The highest BCUT2D eigenvalue weighted by Gasteiger charge is 2.08. The molecule has 0 saturated heterocycles. The van der Waals surface area contributed by atoms with E-state index in [1.165, 1.54) is 20.2 Å². The van der Waals surface area contributed by atoms with Gasteiger partial charge in [-0.15, -0.1) is 5.10 Å². The summed E-state index contributed by atoms with van der Waals surface area (Å²) in [6, 6.07) is 21.4. The molecule has 4 aromatic rings. The van der Waals surface area contributed by atoms with Crippen molar-refractivity contribution >= 4 is 17.2 Å². The van der Waals surface area contributed by atoms with Gasteiger partial charge >= 0.3 is 5.69 Å². The molecule has 0 spiro atoms. The summed E-state index contributed by atoms with van der Waals surface area (Å²) in [5.41, 5.74) is 4.54. The van der Waals surface area contributed by atoms with Crippen molar-refractivity contribution in [1.82, 2.24) is 14.2 Å². The lowest BCUT2D eigenvalue weighted by Crippen LogP contribution is -2.21. The minimum absolute atomic E-state index is 0.0100. The highest BCUT2D eigenvalue weighted by Crippen LogP contribution is 2.13. The number of amides is 1. The molecule has 30 heavy (non-hydrogen) atoms. The maximum absolute atomic E-state index is 12.4. The van der Waals surface area contributed by atoms with E-state index >= 15 is 0 Å². The number of rotatable bonds is 7. The summed E-state index contributed by atoms with van der Waals surface area (Å²) in [4.78, 5) is 24.8. The molecule has 0 aliphatic rings. The predicted octanol–water partition coefficient (Wildman–Crippen LogP) is 3.81. The van der Waals surface area contributed by atoms with Gasteiger partial charge in [0.05, 0.1) is 6.54 Å². The molecule has 6 heteroatoms. The van der Waals surface area contributed by atoms with Gasteiger partial charge in [-0.1, -0.05) is 48.0 Å².